The first-order chi connectivity index (χ1) is 13.2. The average molecular weight is 400 g/mol. The Morgan fingerprint density at radius 1 is 1.25 bits per heavy atom. The molecular weight excluding hydrogens is 370 g/mol. The first-order valence-electron chi connectivity index (χ1n) is 9.68. The van der Waals surface area contributed by atoms with Crippen LogP contribution in [-0.2, 0) is 6.54 Å². The van der Waals surface area contributed by atoms with Crippen molar-refractivity contribution in [3.63, 3.8) is 0 Å². The Morgan fingerprint density at radius 2 is 2.00 bits per heavy atom. The molecule has 28 heavy (non-hydrogen) atoms. The SMILES string of the molecule is Cc1cc2oc(=O)cc(CN[C@H](c3cccs3)C(C)(C)CO)c2cc1C(C)C. The van der Waals surface area contributed by atoms with Gasteiger partial charge in [-0.05, 0) is 53.1 Å². The van der Waals surface area contributed by atoms with Gasteiger partial charge in [-0.3, -0.25) is 0 Å². The van der Waals surface area contributed by atoms with Gasteiger partial charge in [0.1, 0.15) is 5.58 Å². The predicted octanol–water partition coefficient (Wildman–Crippen LogP) is 5.14. The van der Waals surface area contributed by atoms with Crippen molar-refractivity contribution in [1.82, 2.24) is 5.32 Å². The molecule has 1 aromatic carbocycles. The third kappa shape index (κ3) is 4.22. The van der Waals surface area contributed by atoms with Crippen LogP contribution in [0.25, 0.3) is 11.0 Å². The molecule has 0 amide bonds. The number of nitrogens with one attached hydrogen (secondary N) is 1. The molecule has 2 N–H and O–H groups in total. The fraction of sp³-hybridized carbons (Fsp3) is 0.435. The van der Waals surface area contributed by atoms with Crippen LogP contribution in [0.1, 0.15) is 61.2 Å². The Labute approximate surface area is 170 Å². The van der Waals surface area contributed by atoms with Crippen molar-refractivity contribution in [2.24, 2.45) is 5.41 Å². The van der Waals surface area contributed by atoms with Gasteiger partial charge in [0.15, 0.2) is 0 Å². The van der Waals surface area contributed by atoms with Crippen LogP contribution in [0.15, 0.2) is 44.9 Å². The van der Waals surface area contributed by atoms with E-state index < -0.39 is 0 Å². The third-order valence-electron chi connectivity index (χ3n) is 5.35. The molecule has 2 heterocycles. The molecule has 2 aromatic heterocycles. The fourth-order valence-electron chi connectivity index (χ4n) is 3.68. The van der Waals surface area contributed by atoms with Crippen molar-refractivity contribution in [2.75, 3.05) is 6.61 Å². The molecule has 0 radical (unpaired) electrons. The Hall–Kier alpha value is -1.95. The average Bonchev–Trinajstić information content (AvgIpc) is 3.14. The summed E-state index contributed by atoms with van der Waals surface area (Å²) in [4.78, 5) is 13.3. The molecule has 0 spiro atoms. The number of benzene rings is 1. The van der Waals surface area contributed by atoms with Crippen LogP contribution in [0.4, 0.5) is 0 Å². The molecule has 0 fully saturated rings. The molecule has 0 aliphatic rings. The first-order valence-corrected chi connectivity index (χ1v) is 10.6. The summed E-state index contributed by atoms with van der Waals surface area (Å²) in [5.74, 6) is 0.393. The second-order valence-corrected chi connectivity index (χ2v) is 9.41. The Balaban J connectivity index is 2.01. The minimum atomic E-state index is -0.338. The van der Waals surface area contributed by atoms with E-state index in [0.717, 1.165) is 16.5 Å². The summed E-state index contributed by atoms with van der Waals surface area (Å²) in [6.07, 6.45) is 0. The number of aliphatic hydroxyl groups excluding tert-OH is 1. The maximum absolute atomic E-state index is 12.1. The minimum Gasteiger partial charge on any atom is -0.423 e. The van der Waals surface area contributed by atoms with E-state index in [2.05, 4.69) is 38.2 Å². The van der Waals surface area contributed by atoms with E-state index in [0.29, 0.717) is 18.0 Å². The quantitative estimate of drug-likeness (QED) is 0.540. The smallest absolute Gasteiger partial charge is 0.336 e. The standard InChI is InChI=1S/C23H29NO3S/c1-14(2)17-11-18-16(10-21(26)27-19(18)9-15(17)3)12-24-22(23(4,5)13-25)20-7-6-8-28-20/h6-11,14,22,24-25H,12-13H2,1-5H3/t22-/m1/s1. The van der Waals surface area contributed by atoms with Crippen molar-refractivity contribution in [3.05, 3.63) is 67.7 Å². The van der Waals surface area contributed by atoms with Crippen LogP contribution >= 0.6 is 11.3 Å². The van der Waals surface area contributed by atoms with Gasteiger partial charge in [-0.15, -0.1) is 11.3 Å². The summed E-state index contributed by atoms with van der Waals surface area (Å²) < 4.78 is 5.46. The van der Waals surface area contributed by atoms with Crippen LogP contribution < -0.4 is 10.9 Å². The van der Waals surface area contributed by atoms with Gasteiger partial charge in [0, 0.05) is 34.3 Å². The Bertz CT molecular complexity index is 1000. The van der Waals surface area contributed by atoms with Gasteiger partial charge in [0.2, 0.25) is 0 Å². The number of aryl methyl sites for hydroxylation is 1. The zero-order valence-electron chi connectivity index (χ0n) is 17.2. The minimum absolute atomic E-state index is 0.0187. The van der Waals surface area contributed by atoms with Crippen molar-refractivity contribution < 1.29 is 9.52 Å². The summed E-state index contributed by atoms with van der Waals surface area (Å²) in [6, 6.07) is 9.77. The molecule has 5 heteroatoms. The van der Waals surface area contributed by atoms with Crippen molar-refractivity contribution in [3.8, 4) is 0 Å². The van der Waals surface area contributed by atoms with E-state index >= 15 is 0 Å². The van der Waals surface area contributed by atoms with Crippen LogP contribution in [0.2, 0.25) is 0 Å². The number of thiophene rings is 1. The van der Waals surface area contributed by atoms with Crippen molar-refractivity contribution in [2.45, 2.75) is 53.1 Å². The second-order valence-electron chi connectivity index (χ2n) is 8.43. The van der Waals surface area contributed by atoms with Gasteiger partial charge >= 0.3 is 5.63 Å². The number of aliphatic hydroxyl groups is 1. The fourth-order valence-corrected chi connectivity index (χ4v) is 4.69. The van der Waals surface area contributed by atoms with Gasteiger partial charge in [-0.25, -0.2) is 4.79 Å². The first kappa shape index (κ1) is 20.8. The molecule has 3 aromatic rings. The number of fused-ring (bicyclic) bond motifs is 1. The monoisotopic (exact) mass is 399 g/mol. The highest BCUT2D eigenvalue weighted by Gasteiger charge is 2.30. The van der Waals surface area contributed by atoms with Crippen molar-refractivity contribution >= 4 is 22.3 Å². The highest BCUT2D eigenvalue weighted by Crippen LogP contribution is 2.36. The molecule has 0 saturated carbocycles. The maximum atomic E-state index is 12.1. The largest absolute Gasteiger partial charge is 0.423 e. The molecule has 4 nitrogen and oxygen atoms in total. The molecule has 150 valence electrons. The van der Waals surface area contributed by atoms with Crippen molar-refractivity contribution in [1.29, 1.82) is 0 Å². The van der Waals surface area contributed by atoms with E-state index in [1.54, 1.807) is 17.4 Å². The zero-order valence-corrected chi connectivity index (χ0v) is 18.0. The maximum Gasteiger partial charge on any atom is 0.336 e. The molecule has 0 aliphatic heterocycles. The van der Waals surface area contributed by atoms with E-state index in [9.17, 15) is 9.90 Å². The lowest BCUT2D eigenvalue weighted by Gasteiger charge is -2.33. The highest BCUT2D eigenvalue weighted by atomic mass is 32.1. The number of hydrogen-bond donors (Lipinski definition) is 2. The molecule has 0 bridgehead atoms. The zero-order chi connectivity index (χ0) is 20.5. The molecule has 0 saturated heterocycles. The molecule has 1 atom stereocenters. The van der Waals surface area contributed by atoms with Gasteiger partial charge in [-0.1, -0.05) is 33.8 Å². The van der Waals surface area contributed by atoms with Gasteiger partial charge in [-0.2, -0.15) is 0 Å². The summed E-state index contributed by atoms with van der Waals surface area (Å²) in [5.41, 5.74) is 3.26. The molecule has 0 aliphatic carbocycles. The van der Waals surface area contributed by atoms with Crippen LogP contribution in [-0.4, -0.2) is 11.7 Å². The van der Waals surface area contributed by atoms with Gasteiger partial charge in [0.25, 0.3) is 0 Å². The molecular formula is C23H29NO3S. The van der Waals surface area contributed by atoms with Crippen LogP contribution in [0, 0.1) is 12.3 Å². The van der Waals surface area contributed by atoms with Gasteiger partial charge in [0.05, 0.1) is 6.61 Å². The van der Waals surface area contributed by atoms with Crippen LogP contribution in [0.3, 0.4) is 0 Å². The Kier molecular flexibility index (Phi) is 6.08. The lowest BCUT2D eigenvalue weighted by atomic mass is 9.84. The predicted molar refractivity (Wildman–Crippen MR) is 116 cm³/mol. The highest BCUT2D eigenvalue weighted by molar-refractivity contribution is 7.10. The summed E-state index contributed by atoms with van der Waals surface area (Å²) in [6.45, 7) is 11.1. The summed E-state index contributed by atoms with van der Waals surface area (Å²) in [7, 11) is 0. The summed E-state index contributed by atoms with van der Waals surface area (Å²) in [5, 5.41) is 16.5. The number of rotatable bonds is 7. The van der Waals surface area contributed by atoms with E-state index in [1.807, 2.05) is 31.4 Å². The van der Waals surface area contributed by atoms with E-state index in [4.69, 9.17) is 4.42 Å². The molecule has 0 unspecified atom stereocenters. The van der Waals surface area contributed by atoms with E-state index in [1.165, 1.54) is 10.4 Å². The summed E-state index contributed by atoms with van der Waals surface area (Å²) >= 11 is 1.67. The Morgan fingerprint density at radius 3 is 2.61 bits per heavy atom. The van der Waals surface area contributed by atoms with Gasteiger partial charge < -0.3 is 14.8 Å². The lowest BCUT2D eigenvalue weighted by molar-refractivity contribution is 0.116. The lowest BCUT2D eigenvalue weighted by Crippen LogP contribution is -2.36. The normalized spacial score (nSPS) is 13.4. The van der Waals surface area contributed by atoms with E-state index in [-0.39, 0.29) is 23.7 Å². The third-order valence-corrected chi connectivity index (χ3v) is 6.29. The second kappa shape index (κ2) is 8.19. The topological polar surface area (TPSA) is 62.5 Å². The van der Waals surface area contributed by atoms with Crippen LogP contribution in [0.5, 0.6) is 0 Å². The number of hydrogen-bond acceptors (Lipinski definition) is 5. The molecule has 3 rings (SSSR count).